The molecule has 5 rings (SSSR count). The molecule has 0 atom stereocenters. The van der Waals surface area contributed by atoms with Crippen LogP contribution in [0.2, 0.25) is 0 Å². The number of nitrogens with zero attached hydrogens (tertiary/aromatic N) is 3. The van der Waals surface area contributed by atoms with Gasteiger partial charge in [0.05, 0.1) is 11.4 Å². The number of nitrogens with one attached hydrogen (secondary N) is 1. The number of carbonyl (C=O) groups excluding carboxylic acids is 2. The van der Waals surface area contributed by atoms with Gasteiger partial charge in [0, 0.05) is 42.7 Å². The van der Waals surface area contributed by atoms with Gasteiger partial charge in [-0.15, -0.1) is 11.3 Å². The normalized spacial score (nSPS) is 15.5. The summed E-state index contributed by atoms with van der Waals surface area (Å²) in [6, 6.07) is 12.0. The number of anilines is 2. The van der Waals surface area contributed by atoms with Gasteiger partial charge < -0.3 is 14.8 Å². The zero-order valence-electron chi connectivity index (χ0n) is 17.5. The Morgan fingerprint density at radius 1 is 1.16 bits per heavy atom. The maximum absolute atomic E-state index is 13.6. The third-order valence-electron chi connectivity index (χ3n) is 6.23. The van der Waals surface area contributed by atoms with Crippen LogP contribution in [-0.2, 0) is 6.42 Å². The number of amides is 1. The van der Waals surface area contributed by atoms with Crippen molar-refractivity contribution in [3.05, 3.63) is 57.7 Å². The van der Waals surface area contributed by atoms with Crippen LogP contribution in [0.5, 0.6) is 0 Å². The number of rotatable bonds is 2. The van der Waals surface area contributed by atoms with Crippen LogP contribution < -0.4 is 9.80 Å². The molecule has 0 saturated heterocycles. The second-order valence-electron chi connectivity index (χ2n) is 8.11. The SMILES string of the molecule is Cc1c(C(=O)N2CCN(C)c3ccc(-c4ccc(C#N)s4)cc32)[nH]c2c1C(=O)CCC2. The molecule has 2 aliphatic rings. The van der Waals surface area contributed by atoms with Crippen molar-refractivity contribution >= 4 is 34.4 Å². The van der Waals surface area contributed by atoms with Gasteiger partial charge in [-0.05, 0) is 55.2 Å². The predicted octanol–water partition coefficient (Wildman–Crippen LogP) is 4.54. The molecule has 6 nitrogen and oxygen atoms in total. The largest absolute Gasteiger partial charge is 0.371 e. The number of benzene rings is 1. The molecule has 3 heterocycles. The molecule has 3 aromatic rings. The highest BCUT2D eigenvalue weighted by Gasteiger charge is 2.32. The first kappa shape index (κ1) is 19.6. The van der Waals surface area contributed by atoms with Gasteiger partial charge in [0.2, 0.25) is 0 Å². The van der Waals surface area contributed by atoms with E-state index in [0.717, 1.165) is 52.5 Å². The maximum Gasteiger partial charge on any atom is 0.275 e. The summed E-state index contributed by atoms with van der Waals surface area (Å²) in [6.45, 7) is 3.17. The van der Waals surface area contributed by atoms with Gasteiger partial charge in [-0.3, -0.25) is 9.59 Å². The number of carbonyl (C=O) groups is 2. The van der Waals surface area contributed by atoms with E-state index in [1.165, 1.54) is 11.3 Å². The number of nitriles is 1. The summed E-state index contributed by atoms with van der Waals surface area (Å²) in [7, 11) is 2.02. The minimum absolute atomic E-state index is 0.102. The van der Waals surface area contributed by atoms with Crippen LogP contribution in [0.15, 0.2) is 30.3 Å². The summed E-state index contributed by atoms with van der Waals surface area (Å²) < 4.78 is 0. The molecule has 156 valence electrons. The second-order valence-corrected chi connectivity index (χ2v) is 9.20. The monoisotopic (exact) mass is 430 g/mol. The molecule has 0 bridgehead atoms. The molecule has 0 unspecified atom stereocenters. The Balaban J connectivity index is 1.57. The molecule has 0 radical (unpaired) electrons. The summed E-state index contributed by atoms with van der Waals surface area (Å²) >= 11 is 1.44. The number of aromatic nitrogens is 1. The van der Waals surface area contributed by atoms with Crippen molar-refractivity contribution < 1.29 is 9.59 Å². The van der Waals surface area contributed by atoms with Gasteiger partial charge in [-0.2, -0.15) is 5.26 Å². The summed E-state index contributed by atoms with van der Waals surface area (Å²) in [5.74, 6) is 0.0243. The summed E-state index contributed by atoms with van der Waals surface area (Å²) in [4.78, 5) is 34.9. The molecule has 1 aliphatic heterocycles. The van der Waals surface area contributed by atoms with E-state index in [1.54, 1.807) is 0 Å². The first-order valence-electron chi connectivity index (χ1n) is 10.4. The van der Waals surface area contributed by atoms with Crippen molar-refractivity contribution in [1.82, 2.24) is 4.98 Å². The lowest BCUT2D eigenvalue weighted by Gasteiger charge is -2.36. The molecular weight excluding hydrogens is 408 g/mol. The Labute approximate surface area is 184 Å². The standard InChI is InChI=1S/C24H22N4O2S/c1-14-22-17(4-3-5-20(22)29)26-23(14)24(30)28-11-10-27(2)18-8-6-15(12-19(18)28)21-9-7-16(13-25)31-21/h6-9,12,26H,3-5,10-11H2,1-2H3. The van der Waals surface area contributed by atoms with Crippen molar-refractivity contribution in [2.45, 2.75) is 26.2 Å². The number of thiophene rings is 1. The number of hydrogen-bond acceptors (Lipinski definition) is 5. The molecule has 31 heavy (non-hydrogen) atoms. The number of aryl methyl sites for hydroxylation is 1. The lowest BCUT2D eigenvalue weighted by atomic mass is 9.93. The zero-order chi connectivity index (χ0) is 21.7. The van der Waals surface area contributed by atoms with E-state index in [4.69, 9.17) is 5.26 Å². The zero-order valence-corrected chi connectivity index (χ0v) is 18.3. The molecule has 1 amide bonds. The fourth-order valence-corrected chi connectivity index (χ4v) is 5.39. The van der Waals surface area contributed by atoms with Crippen molar-refractivity contribution in [2.24, 2.45) is 0 Å². The molecule has 1 aromatic carbocycles. The van der Waals surface area contributed by atoms with Crippen LogP contribution in [0.25, 0.3) is 10.4 Å². The van der Waals surface area contributed by atoms with E-state index < -0.39 is 0 Å². The van der Waals surface area contributed by atoms with E-state index in [1.807, 2.05) is 49.2 Å². The average molecular weight is 431 g/mol. The van der Waals surface area contributed by atoms with E-state index in [-0.39, 0.29) is 11.7 Å². The van der Waals surface area contributed by atoms with Crippen LogP contribution >= 0.6 is 11.3 Å². The van der Waals surface area contributed by atoms with Crippen molar-refractivity contribution in [3.8, 4) is 16.5 Å². The number of hydrogen-bond donors (Lipinski definition) is 1. The Hall–Kier alpha value is -3.37. The lowest BCUT2D eigenvalue weighted by Crippen LogP contribution is -2.43. The number of ketones is 1. The van der Waals surface area contributed by atoms with Crippen molar-refractivity contribution in [3.63, 3.8) is 0 Å². The molecule has 0 saturated carbocycles. The highest BCUT2D eigenvalue weighted by Crippen LogP contribution is 2.39. The van der Waals surface area contributed by atoms with Gasteiger partial charge in [0.15, 0.2) is 5.78 Å². The quantitative estimate of drug-likeness (QED) is 0.647. The third-order valence-corrected chi connectivity index (χ3v) is 7.27. The van der Waals surface area contributed by atoms with Crippen LogP contribution in [0, 0.1) is 18.3 Å². The first-order chi connectivity index (χ1) is 15.0. The highest BCUT2D eigenvalue weighted by atomic mass is 32.1. The molecule has 0 spiro atoms. The van der Waals surface area contributed by atoms with E-state index >= 15 is 0 Å². The number of H-pyrrole nitrogens is 1. The molecule has 2 aromatic heterocycles. The maximum atomic E-state index is 13.6. The van der Waals surface area contributed by atoms with Crippen LogP contribution in [0.4, 0.5) is 11.4 Å². The highest BCUT2D eigenvalue weighted by molar-refractivity contribution is 7.16. The van der Waals surface area contributed by atoms with Gasteiger partial charge in [0.1, 0.15) is 16.6 Å². The molecule has 7 heteroatoms. The Bertz CT molecular complexity index is 1260. The van der Waals surface area contributed by atoms with Crippen molar-refractivity contribution in [2.75, 3.05) is 29.9 Å². The van der Waals surface area contributed by atoms with E-state index in [9.17, 15) is 9.59 Å². The summed E-state index contributed by atoms with van der Waals surface area (Å²) in [5.41, 5.74) is 5.70. The first-order valence-corrected chi connectivity index (χ1v) is 11.2. The van der Waals surface area contributed by atoms with E-state index in [0.29, 0.717) is 29.1 Å². The minimum atomic E-state index is -0.102. The summed E-state index contributed by atoms with van der Waals surface area (Å²) in [5, 5.41) is 9.15. The number of Topliss-reactive ketones (excluding diaryl/α,β-unsaturated/α-hetero) is 1. The molecule has 1 N–H and O–H groups in total. The van der Waals surface area contributed by atoms with Gasteiger partial charge in [-0.25, -0.2) is 0 Å². The lowest BCUT2D eigenvalue weighted by molar-refractivity contribution is 0.0970. The summed E-state index contributed by atoms with van der Waals surface area (Å²) in [6.07, 6.45) is 2.18. The Kier molecular flexibility index (Phi) is 4.67. The van der Waals surface area contributed by atoms with Crippen LogP contribution in [0.1, 0.15) is 49.8 Å². The smallest absolute Gasteiger partial charge is 0.275 e. The predicted molar refractivity (Wildman–Crippen MR) is 122 cm³/mol. The van der Waals surface area contributed by atoms with E-state index in [2.05, 4.69) is 16.0 Å². The van der Waals surface area contributed by atoms with Crippen LogP contribution in [0.3, 0.4) is 0 Å². The fraction of sp³-hybridized carbons (Fsp3) is 0.292. The number of fused-ring (bicyclic) bond motifs is 2. The van der Waals surface area contributed by atoms with Gasteiger partial charge in [-0.1, -0.05) is 6.07 Å². The molecular formula is C24H22N4O2S. The molecule has 1 aliphatic carbocycles. The fourth-order valence-electron chi connectivity index (χ4n) is 4.59. The minimum Gasteiger partial charge on any atom is -0.371 e. The average Bonchev–Trinajstić information content (AvgIpc) is 3.39. The number of aromatic amines is 1. The Morgan fingerprint density at radius 3 is 2.74 bits per heavy atom. The topological polar surface area (TPSA) is 80.2 Å². The molecule has 0 fully saturated rings. The third kappa shape index (κ3) is 3.15. The van der Waals surface area contributed by atoms with Gasteiger partial charge in [0.25, 0.3) is 5.91 Å². The van der Waals surface area contributed by atoms with Gasteiger partial charge >= 0.3 is 0 Å². The van der Waals surface area contributed by atoms with Crippen molar-refractivity contribution in [1.29, 1.82) is 5.26 Å². The number of likely N-dealkylation sites (N-methyl/N-ethyl adjacent to an activating group) is 1. The van der Waals surface area contributed by atoms with Crippen LogP contribution in [-0.4, -0.2) is 36.8 Å². The Morgan fingerprint density at radius 2 is 2.00 bits per heavy atom. The second kappa shape index (κ2) is 7.40.